The molecule has 5 rings (SSSR count). The molecule has 1 spiro atoms. The van der Waals surface area contributed by atoms with Gasteiger partial charge in [0.15, 0.2) is 0 Å². The molecule has 142 valence electrons. The largest absolute Gasteiger partial charge is 0.464 e. The Balaban J connectivity index is 1.84. The molecule has 0 aromatic heterocycles. The molecule has 0 bridgehead atoms. The summed E-state index contributed by atoms with van der Waals surface area (Å²) in [6.45, 7) is 3.78. The zero-order chi connectivity index (χ0) is 19.7. The maximum atomic E-state index is 13.1. The summed E-state index contributed by atoms with van der Waals surface area (Å²) in [5.41, 5.74) is 2.54. The molecule has 3 aliphatic rings. The second-order valence-electron chi connectivity index (χ2n) is 7.93. The second kappa shape index (κ2) is 5.53. The highest BCUT2D eigenvalue weighted by Gasteiger charge is 2.77. The lowest BCUT2D eigenvalue weighted by atomic mass is 9.40. The van der Waals surface area contributed by atoms with Gasteiger partial charge < -0.3 is 4.74 Å². The Morgan fingerprint density at radius 2 is 1.64 bits per heavy atom. The van der Waals surface area contributed by atoms with E-state index in [0.29, 0.717) is 0 Å². The van der Waals surface area contributed by atoms with Gasteiger partial charge in [-0.15, -0.1) is 0 Å². The van der Waals surface area contributed by atoms with Crippen molar-refractivity contribution in [3.8, 4) is 0 Å². The van der Waals surface area contributed by atoms with Crippen LogP contribution in [-0.2, 0) is 30.0 Å². The monoisotopic (exact) mass is 375 g/mol. The van der Waals surface area contributed by atoms with E-state index in [1.54, 1.807) is 6.92 Å². The third-order valence-electron chi connectivity index (χ3n) is 7.05. The number of hydrogen-bond acceptors (Lipinski definition) is 4. The molecule has 1 fully saturated rings. The van der Waals surface area contributed by atoms with Gasteiger partial charge in [0, 0.05) is 17.8 Å². The Morgan fingerprint density at radius 1 is 1.00 bits per heavy atom. The number of nitrogens with one attached hydrogen (secondary N) is 1. The first kappa shape index (κ1) is 17.2. The van der Waals surface area contributed by atoms with Gasteiger partial charge in [0.2, 0.25) is 11.8 Å². The molecule has 0 saturated carbocycles. The molecular formula is C23H21NO4. The van der Waals surface area contributed by atoms with Gasteiger partial charge in [-0.3, -0.25) is 19.7 Å². The number of carbonyl (C=O) groups is 3. The molecule has 1 aliphatic heterocycles. The maximum absolute atomic E-state index is 13.1. The van der Waals surface area contributed by atoms with Gasteiger partial charge in [0.1, 0.15) is 6.61 Å². The van der Waals surface area contributed by atoms with Crippen LogP contribution in [0.1, 0.15) is 48.4 Å². The van der Waals surface area contributed by atoms with Crippen LogP contribution in [0, 0.1) is 5.92 Å². The van der Waals surface area contributed by atoms with Gasteiger partial charge >= 0.3 is 5.97 Å². The number of amides is 2. The van der Waals surface area contributed by atoms with E-state index in [1.807, 2.05) is 55.5 Å². The Bertz CT molecular complexity index is 1040. The fraction of sp³-hybridized carbons (Fsp3) is 0.348. The smallest absolute Gasteiger partial charge is 0.305 e. The number of hydrogen-bond donors (Lipinski definition) is 1. The molecule has 4 unspecified atom stereocenters. The molecular weight excluding hydrogens is 354 g/mol. The second-order valence-corrected chi connectivity index (χ2v) is 7.93. The van der Waals surface area contributed by atoms with Crippen LogP contribution < -0.4 is 5.32 Å². The minimum atomic E-state index is -0.735. The number of fused-ring (bicyclic) bond motifs is 5. The van der Waals surface area contributed by atoms with Crippen molar-refractivity contribution in [1.82, 2.24) is 5.32 Å². The normalized spacial score (nSPS) is 31.6. The van der Waals surface area contributed by atoms with Crippen molar-refractivity contribution in [2.75, 3.05) is 6.61 Å². The predicted octanol–water partition coefficient (Wildman–Crippen LogP) is 2.57. The summed E-state index contributed by atoms with van der Waals surface area (Å²) in [4.78, 5) is 37.9. The number of piperidine rings is 1. The lowest BCUT2D eigenvalue weighted by Gasteiger charge is -2.62. The van der Waals surface area contributed by atoms with E-state index in [9.17, 15) is 14.4 Å². The molecule has 2 aliphatic carbocycles. The molecule has 5 nitrogen and oxygen atoms in total. The molecule has 2 amide bonds. The van der Waals surface area contributed by atoms with Crippen molar-refractivity contribution in [2.24, 2.45) is 5.92 Å². The third-order valence-corrected chi connectivity index (χ3v) is 7.05. The van der Waals surface area contributed by atoms with E-state index in [1.165, 1.54) is 0 Å². The van der Waals surface area contributed by atoms with E-state index < -0.39 is 22.7 Å². The summed E-state index contributed by atoms with van der Waals surface area (Å²) in [6, 6.07) is 15.8. The van der Waals surface area contributed by atoms with Crippen LogP contribution in [0.15, 0.2) is 48.5 Å². The molecule has 2 aromatic rings. The minimum absolute atomic E-state index is 0.134. The summed E-state index contributed by atoms with van der Waals surface area (Å²) in [7, 11) is 0. The third kappa shape index (κ3) is 1.66. The number of rotatable bonds is 3. The first-order chi connectivity index (χ1) is 13.5. The zero-order valence-electron chi connectivity index (χ0n) is 15.8. The van der Waals surface area contributed by atoms with Crippen molar-refractivity contribution in [3.05, 3.63) is 70.8 Å². The number of carbonyl (C=O) groups excluding carboxylic acids is 3. The Hall–Kier alpha value is -2.95. The van der Waals surface area contributed by atoms with Crippen LogP contribution in [0.25, 0.3) is 0 Å². The van der Waals surface area contributed by atoms with Crippen LogP contribution in [0.2, 0.25) is 0 Å². The van der Waals surface area contributed by atoms with Crippen molar-refractivity contribution in [3.63, 3.8) is 0 Å². The van der Waals surface area contributed by atoms with E-state index in [4.69, 9.17) is 4.74 Å². The fourth-order valence-electron chi connectivity index (χ4n) is 6.03. The molecule has 1 saturated heterocycles. The minimum Gasteiger partial charge on any atom is -0.464 e. The predicted molar refractivity (Wildman–Crippen MR) is 102 cm³/mol. The van der Waals surface area contributed by atoms with Crippen LogP contribution in [0.4, 0.5) is 0 Å². The fourth-order valence-corrected chi connectivity index (χ4v) is 6.03. The van der Waals surface area contributed by atoms with E-state index in [-0.39, 0.29) is 30.8 Å². The van der Waals surface area contributed by atoms with Crippen LogP contribution in [0.3, 0.4) is 0 Å². The van der Waals surface area contributed by atoms with Crippen molar-refractivity contribution in [2.45, 2.75) is 37.0 Å². The average molecular weight is 375 g/mol. The van der Waals surface area contributed by atoms with Crippen LogP contribution in [-0.4, -0.2) is 24.4 Å². The maximum Gasteiger partial charge on any atom is 0.305 e. The molecule has 1 N–H and O–H groups in total. The molecule has 5 heteroatoms. The van der Waals surface area contributed by atoms with E-state index in [2.05, 4.69) is 5.32 Å². The topological polar surface area (TPSA) is 72.5 Å². The van der Waals surface area contributed by atoms with Crippen molar-refractivity contribution >= 4 is 17.8 Å². The summed E-state index contributed by atoms with van der Waals surface area (Å²) in [5.74, 6) is -1.73. The van der Waals surface area contributed by atoms with Gasteiger partial charge in [0.05, 0.1) is 11.3 Å². The highest BCUT2D eigenvalue weighted by atomic mass is 16.5. The standard InChI is InChI=1S/C23H21NO4/c1-3-18(25)28-12-22-15-9-5-4-8-14(15)19-21(27)24-20(26)13(2)23(19,22)17-11-7-6-10-16(17)22/h4-11,13,19H,3,12H2,1-2H3,(H,24,26,27). The summed E-state index contributed by atoms with van der Waals surface area (Å²) in [6.07, 6.45) is 0.283. The zero-order valence-corrected chi connectivity index (χ0v) is 15.8. The summed E-state index contributed by atoms with van der Waals surface area (Å²) in [5, 5.41) is 2.56. The van der Waals surface area contributed by atoms with Gasteiger partial charge in [0.25, 0.3) is 0 Å². The quantitative estimate of drug-likeness (QED) is 0.661. The lowest BCUT2D eigenvalue weighted by molar-refractivity contribution is -0.150. The van der Waals surface area contributed by atoms with Gasteiger partial charge in [-0.25, -0.2) is 0 Å². The van der Waals surface area contributed by atoms with E-state index >= 15 is 0 Å². The highest BCUT2D eigenvalue weighted by molar-refractivity contribution is 6.07. The molecule has 0 radical (unpaired) electrons. The molecule has 1 heterocycles. The molecule has 4 atom stereocenters. The number of benzene rings is 2. The molecule has 28 heavy (non-hydrogen) atoms. The average Bonchev–Trinajstić information content (AvgIpc) is 2.93. The summed E-state index contributed by atoms with van der Waals surface area (Å²) < 4.78 is 5.69. The first-order valence-corrected chi connectivity index (χ1v) is 9.69. The van der Waals surface area contributed by atoms with Gasteiger partial charge in [-0.05, 0) is 22.3 Å². The van der Waals surface area contributed by atoms with Crippen LogP contribution >= 0.6 is 0 Å². The number of esters is 1. The Kier molecular flexibility index (Phi) is 3.39. The number of imide groups is 1. The Labute approximate surface area is 163 Å². The van der Waals surface area contributed by atoms with E-state index in [0.717, 1.165) is 22.3 Å². The number of ether oxygens (including phenoxy) is 1. The SMILES string of the molecule is CCC(=O)OCC12c3ccccc3C3C(=O)NC(=O)C(C)C31c1ccccc12. The molecule has 2 aromatic carbocycles. The summed E-state index contributed by atoms with van der Waals surface area (Å²) >= 11 is 0. The highest BCUT2D eigenvalue weighted by Crippen LogP contribution is 2.74. The van der Waals surface area contributed by atoms with Crippen molar-refractivity contribution in [1.29, 1.82) is 0 Å². The van der Waals surface area contributed by atoms with Gasteiger partial charge in [-0.2, -0.15) is 0 Å². The van der Waals surface area contributed by atoms with Crippen molar-refractivity contribution < 1.29 is 19.1 Å². The van der Waals surface area contributed by atoms with Crippen LogP contribution in [0.5, 0.6) is 0 Å². The first-order valence-electron chi connectivity index (χ1n) is 9.69. The Morgan fingerprint density at radius 3 is 2.36 bits per heavy atom. The lowest BCUT2D eigenvalue weighted by Crippen LogP contribution is -2.70. The van der Waals surface area contributed by atoms with Gasteiger partial charge in [-0.1, -0.05) is 62.4 Å².